The summed E-state index contributed by atoms with van der Waals surface area (Å²) in [5.74, 6) is -4.66. The fourth-order valence-electron chi connectivity index (χ4n) is 4.52. The highest BCUT2D eigenvalue weighted by atomic mass is 32.2. The van der Waals surface area contributed by atoms with Gasteiger partial charge in [-0.2, -0.15) is 5.26 Å². The summed E-state index contributed by atoms with van der Waals surface area (Å²) in [4.78, 5) is 71.6. The first kappa shape index (κ1) is 36.7. The first-order valence-electron chi connectivity index (χ1n) is 13.3. The fraction of sp³-hybridized carbons (Fsp3) is 0.731. The topological polar surface area (TPSA) is 232 Å². The van der Waals surface area contributed by atoms with E-state index in [1.54, 1.807) is 0 Å². The second-order valence-electron chi connectivity index (χ2n) is 9.70. The zero-order valence-corrected chi connectivity index (χ0v) is 25.7. The van der Waals surface area contributed by atoms with E-state index < -0.39 is 109 Å². The minimum absolute atomic E-state index is 0.108. The molecule has 2 saturated heterocycles. The molecule has 0 aromatic rings. The van der Waals surface area contributed by atoms with Crippen LogP contribution in [0.3, 0.4) is 0 Å². The molecular formula is C26H36N2O15S. The number of nitrogens with one attached hydrogen (secondary N) is 1. The Morgan fingerprint density at radius 1 is 0.750 bits per heavy atom. The van der Waals surface area contributed by atoms with Crippen LogP contribution >= 0.6 is 11.8 Å². The molecule has 0 radical (unpaired) electrons. The van der Waals surface area contributed by atoms with Gasteiger partial charge in [0.05, 0.1) is 17.9 Å². The Kier molecular flexibility index (Phi) is 14.3. The van der Waals surface area contributed by atoms with Crippen LogP contribution in [0.4, 0.5) is 0 Å². The molecule has 18 heteroatoms. The Labute approximate surface area is 257 Å². The Balaban J connectivity index is 2.62. The highest BCUT2D eigenvalue weighted by Gasteiger charge is 2.56. The van der Waals surface area contributed by atoms with Gasteiger partial charge < -0.3 is 48.3 Å². The van der Waals surface area contributed by atoms with Crippen molar-refractivity contribution in [3.8, 4) is 6.07 Å². The molecule has 0 aromatic heterocycles. The van der Waals surface area contributed by atoms with Crippen LogP contribution in [-0.2, 0) is 66.7 Å². The number of thioether (sulfide) groups is 1. The number of esters is 5. The number of hydrogen-bond donors (Lipinski definition) is 2. The monoisotopic (exact) mass is 648 g/mol. The largest absolute Gasteiger partial charge is 0.463 e. The number of nitrogens with zero attached hydrogens (tertiary/aromatic N) is 1. The second-order valence-corrected chi connectivity index (χ2v) is 10.8. The van der Waals surface area contributed by atoms with Gasteiger partial charge in [-0.05, 0) is 0 Å². The van der Waals surface area contributed by atoms with Crippen LogP contribution in [0.25, 0.3) is 0 Å². The van der Waals surface area contributed by atoms with E-state index in [9.17, 15) is 33.9 Å². The highest BCUT2D eigenvalue weighted by molar-refractivity contribution is 8.00. The number of aliphatic hydroxyl groups excluding tert-OH is 1. The number of nitriles is 1. The molecule has 2 N–H and O–H groups in total. The van der Waals surface area contributed by atoms with E-state index in [1.807, 2.05) is 6.07 Å². The molecule has 0 aromatic carbocycles. The lowest BCUT2D eigenvalue weighted by atomic mass is 9.95. The molecule has 17 nitrogen and oxygen atoms in total. The Hall–Kier alpha value is -3.50. The van der Waals surface area contributed by atoms with E-state index in [0.717, 1.165) is 46.4 Å². The third kappa shape index (κ3) is 10.9. The van der Waals surface area contributed by atoms with Crippen LogP contribution in [0.1, 0.15) is 41.5 Å². The van der Waals surface area contributed by atoms with Crippen molar-refractivity contribution in [2.45, 2.75) is 102 Å². The third-order valence-electron chi connectivity index (χ3n) is 6.05. The van der Waals surface area contributed by atoms with Crippen LogP contribution in [0, 0.1) is 11.3 Å². The van der Waals surface area contributed by atoms with Gasteiger partial charge in [-0.15, -0.1) is 11.8 Å². The number of carbonyl (C=O) groups excluding carboxylic acids is 6. The number of carbonyl (C=O) groups is 6. The maximum Gasteiger partial charge on any atom is 0.303 e. The van der Waals surface area contributed by atoms with E-state index in [1.165, 1.54) is 6.92 Å². The summed E-state index contributed by atoms with van der Waals surface area (Å²) >= 11 is 0.953. The number of rotatable bonds is 12. The third-order valence-corrected chi connectivity index (χ3v) is 7.07. The average Bonchev–Trinajstić information content (AvgIpc) is 2.90. The summed E-state index contributed by atoms with van der Waals surface area (Å²) in [6, 6.07) is 0.766. The summed E-state index contributed by atoms with van der Waals surface area (Å²) < 4.78 is 44.3. The van der Waals surface area contributed by atoms with Gasteiger partial charge in [0.25, 0.3) is 0 Å². The first-order chi connectivity index (χ1) is 20.6. The van der Waals surface area contributed by atoms with Crippen LogP contribution < -0.4 is 5.32 Å². The van der Waals surface area contributed by atoms with E-state index in [4.69, 9.17) is 43.2 Å². The Morgan fingerprint density at radius 2 is 1.27 bits per heavy atom. The maximum atomic E-state index is 12.2. The molecule has 0 bridgehead atoms. The van der Waals surface area contributed by atoms with Gasteiger partial charge in [-0.25, -0.2) is 0 Å². The zero-order valence-electron chi connectivity index (χ0n) is 24.9. The fourth-order valence-corrected chi connectivity index (χ4v) is 5.41. The van der Waals surface area contributed by atoms with Gasteiger partial charge in [0, 0.05) is 41.5 Å². The predicted octanol–water partition coefficient (Wildman–Crippen LogP) is -1.13. The molecule has 2 rings (SSSR count). The molecule has 44 heavy (non-hydrogen) atoms. The van der Waals surface area contributed by atoms with Crippen molar-refractivity contribution in [3.05, 3.63) is 0 Å². The number of aliphatic hydroxyl groups is 1. The van der Waals surface area contributed by atoms with E-state index in [2.05, 4.69) is 5.32 Å². The van der Waals surface area contributed by atoms with Gasteiger partial charge in [0.2, 0.25) is 5.91 Å². The van der Waals surface area contributed by atoms with Crippen molar-refractivity contribution >= 4 is 47.5 Å². The molecule has 2 aliphatic heterocycles. The quantitative estimate of drug-likeness (QED) is 0.188. The predicted molar refractivity (Wildman–Crippen MR) is 144 cm³/mol. The first-order valence-corrected chi connectivity index (χ1v) is 14.4. The molecule has 2 heterocycles. The summed E-state index contributed by atoms with van der Waals surface area (Å²) in [5, 5.41) is 23.1. The molecular weight excluding hydrogens is 612 g/mol. The minimum atomic E-state index is -1.71. The lowest BCUT2D eigenvalue weighted by Gasteiger charge is -2.48. The Morgan fingerprint density at radius 3 is 1.77 bits per heavy atom. The summed E-state index contributed by atoms with van der Waals surface area (Å²) in [6.07, 6.45) is -12.0. The van der Waals surface area contributed by atoms with Crippen molar-refractivity contribution in [2.24, 2.45) is 0 Å². The molecule has 2 fully saturated rings. The van der Waals surface area contributed by atoms with Crippen molar-refractivity contribution in [2.75, 3.05) is 19.0 Å². The Bertz CT molecular complexity index is 1110. The lowest BCUT2D eigenvalue weighted by molar-refractivity contribution is -0.332. The van der Waals surface area contributed by atoms with E-state index in [-0.39, 0.29) is 5.75 Å². The lowest BCUT2D eigenvalue weighted by Crippen LogP contribution is -2.68. The normalized spacial score (nSPS) is 31.4. The summed E-state index contributed by atoms with van der Waals surface area (Å²) in [7, 11) is 0. The number of hydrogen-bond acceptors (Lipinski definition) is 17. The van der Waals surface area contributed by atoms with Gasteiger partial charge in [-0.3, -0.25) is 28.8 Å². The van der Waals surface area contributed by atoms with Crippen molar-refractivity contribution in [3.63, 3.8) is 0 Å². The van der Waals surface area contributed by atoms with Crippen molar-refractivity contribution in [1.29, 1.82) is 5.26 Å². The van der Waals surface area contributed by atoms with Crippen LogP contribution in [-0.4, -0.2) is 120 Å². The van der Waals surface area contributed by atoms with Gasteiger partial charge in [0.15, 0.2) is 24.6 Å². The molecule has 1 amide bonds. The molecule has 0 saturated carbocycles. The zero-order chi connectivity index (χ0) is 33.1. The number of ether oxygens (including phenoxy) is 8. The van der Waals surface area contributed by atoms with Crippen molar-refractivity contribution in [1.82, 2.24) is 5.32 Å². The van der Waals surface area contributed by atoms with Gasteiger partial charge in [-0.1, -0.05) is 0 Å². The van der Waals surface area contributed by atoms with Crippen LogP contribution in [0.5, 0.6) is 0 Å². The molecule has 246 valence electrons. The molecule has 8 unspecified atom stereocenters. The number of amides is 1. The summed E-state index contributed by atoms with van der Waals surface area (Å²) in [5.41, 5.74) is -1.03. The highest BCUT2D eigenvalue weighted by Crippen LogP contribution is 2.35. The van der Waals surface area contributed by atoms with E-state index >= 15 is 0 Å². The molecule has 0 aliphatic carbocycles. The summed E-state index contributed by atoms with van der Waals surface area (Å²) in [6.45, 7) is 5.63. The SMILES string of the molecule is CC(=O)NC1C(SCC#N)OC(COC(C)=O)C(O)C1O[C@@H]1O[C@@H](COC(C)=O)C(OC(C)=O)C(OC(C)=O)C1OC(C)=O. The van der Waals surface area contributed by atoms with Crippen molar-refractivity contribution < 1.29 is 71.8 Å². The molecule has 2 aliphatic rings. The standard InChI is InChI=1S/C26H36N2O15S/c1-11(29)28-19-22(20(35)17(9-36-12(2)30)42-26(19)44-8-7-27)43-25-24(40-16(6)34)23(39-15(5)33)21(38-14(4)32)18(41-25)10-37-13(3)31/h17-26,35H,8-10H2,1-6H3,(H,28,29)/t17?,18-,19?,20?,21?,22?,23?,24?,25-,26?/m0/s1. The van der Waals surface area contributed by atoms with Gasteiger partial charge in [0.1, 0.15) is 43.1 Å². The maximum absolute atomic E-state index is 12.2. The smallest absolute Gasteiger partial charge is 0.303 e. The van der Waals surface area contributed by atoms with Gasteiger partial charge >= 0.3 is 29.8 Å². The van der Waals surface area contributed by atoms with Crippen LogP contribution in [0.2, 0.25) is 0 Å². The average molecular weight is 649 g/mol. The minimum Gasteiger partial charge on any atom is -0.463 e. The molecule has 10 atom stereocenters. The van der Waals surface area contributed by atoms with Crippen LogP contribution in [0.15, 0.2) is 0 Å². The second kappa shape index (κ2) is 17.1. The van der Waals surface area contributed by atoms with E-state index in [0.29, 0.717) is 0 Å². The molecule has 0 spiro atoms.